The van der Waals surface area contributed by atoms with Crippen LogP contribution in [-0.4, -0.2) is 33.7 Å². The number of rotatable bonds is 7. The second-order valence-electron chi connectivity index (χ2n) is 5.42. The van der Waals surface area contributed by atoms with Gasteiger partial charge in [0, 0.05) is 13.2 Å². The van der Waals surface area contributed by atoms with Gasteiger partial charge in [0.1, 0.15) is 0 Å². The summed E-state index contributed by atoms with van der Waals surface area (Å²) in [5.41, 5.74) is 0.974. The van der Waals surface area contributed by atoms with Crippen LogP contribution in [0.25, 0.3) is 0 Å². The van der Waals surface area contributed by atoms with Gasteiger partial charge < -0.3 is 10.1 Å². The molecule has 1 aliphatic heterocycles. The number of benzene rings is 1. The lowest BCUT2D eigenvalue weighted by molar-refractivity contribution is 0.117. The van der Waals surface area contributed by atoms with Gasteiger partial charge in [0.25, 0.3) is 0 Å². The van der Waals surface area contributed by atoms with E-state index in [1.165, 1.54) is 0 Å². The van der Waals surface area contributed by atoms with E-state index in [4.69, 9.17) is 4.74 Å². The van der Waals surface area contributed by atoms with Gasteiger partial charge in [0.2, 0.25) is 10.0 Å². The lowest BCUT2D eigenvalue weighted by Crippen LogP contribution is -2.39. The minimum atomic E-state index is -3.49. The highest BCUT2D eigenvalue weighted by atomic mass is 32.2. The predicted molar refractivity (Wildman–Crippen MR) is 82.6 cm³/mol. The molecule has 1 aromatic rings. The zero-order chi connectivity index (χ0) is 15.3. The van der Waals surface area contributed by atoms with Crippen LogP contribution in [0.3, 0.4) is 0 Å². The number of hydrogen-bond acceptors (Lipinski definition) is 4. The quantitative estimate of drug-likeness (QED) is 0.751. The molecule has 0 saturated carbocycles. The highest BCUT2D eigenvalue weighted by Crippen LogP contribution is 2.17. The molecule has 1 fully saturated rings. The van der Waals surface area contributed by atoms with Crippen LogP contribution in [0.1, 0.15) is 32.3 Å². The van der Waals surface area contributed by atoms with E-state index in [1.807, 2.05) is 13.0 Å². The van der Waals surface area contributed by atoms with Crippen LogP contribution in [0, 0.1) is 0 Å². The Bertz CT molecular complexity index is 560. The number of nitrogens with one attached hydrogen (secondary N) is 2. The van der Waals surface area contributed by atoms with Crippen molar-refractivity contribution in [3.8, 4) is 0 Å². The molecule has 118 valence electrons. The van der Waals surface area contributed by atoms with Crippen LogP contribution in [0.15, 0.2) is 29.2 Å². The second kappa shape index (κ2) is 7.35. The van der Waals surface area contributed by atoms with E-state index in [0.29, 0.717) is 18.0 Å². The third kappa shape index (κ3) is 4.51. The molecule has 0 aliphatic carbocycles. The standard InChI is InChI=1S/C15H24N2O3S/c1-3-8-16-11-13-5-4-6-14(10-13)21(18,19)17-15-7-9-20-12(15)2/h4-6,10,12,15-17H,3,7-9,11H2,1-2H3. The fourth-order valence-electron chi connectivity index (χ4n) is 2.39. The minimum Gasteiger partial charge on any atom is -0.377 e. The molecule has 2 atom stereocenters. The van der Waals surface area contributed by atoms with Gasteiger partial charge in [0.05, 0.1) is 17.0 Å². The van der Waals surface area contributed by atoms with Crippen LogP contribution in [0.4, 0.5) is 0 Å². The Morgan fingerprint density at radius 1 is 1.38 bits per heavy atom. The maximum absolute atomic E-state index is 12.4. The Labute approximate surface area is 127 Å². The topological polar surface area (TPSA) is 67.4 Å². The van der Waals surface area contributed by atoms with Gasteiger partial charge in [0.15, 0.2) is 0 Å². The second-order valence-corrected chi connectivity index (χ2v) is 7.13. The van der Waals surface area contributed by atoms with Gasteiger partial charge in [-0.1, -0.05) is 19.1 Å². The van der Waals surface area contributed by atoms with Crippen LogP contribution in [-0.2, 0) is 21.3 Å². The molecule has 0 aromatic heterocycles. The van der Waals surface area contributed by atoms with Crippen LogP contribution >= 0.6 is 0 Å². The van der Waals surface area contributed by atoms with Gasteiger partial charge in [-0.05, 0) is 44.0 Å². The summed E-state index contributed by atoms with van der Waals surface area (Å²) in [5.74, 6) is 0. The third-order valence-corrected chi connectivity index (χ3v) is 5.13. The predicted octanol–water partition coefficient (Wildman–Crippen LogP) is 1.64. The molecule has 6 heteroatoms. The van der Waals surface area contributed by atoms with Gasteiger partial charge in [-0.15, -0.1) is 0 Å². The molecule has 2 unspecified atom stereocenters. The normalized spacial score (nSPS) is 22.6. The first kappa shape index (κ1) is 16.4. The highest BCUT2D eigenvalue weighted by Gasteiger charge is 2.29. The molecule has 0 spiro atoms. The van der Waals surface area contributed by atoms with Crippen LogP contribution in [0.2, 0.25) is 0 Å². The summed E-state index contributed by atoms with van der Waals surface area (Å²) in [4.78, 5) is 0.317. The fraction of sp³-hybridized carbons (Fsp3) is 0.600. The summed E-state index contributed by atoms with van der Waals surface area (Å²) in [6, 6.07) is 6.93. The maximum Gasteiger partial charge on any atom is 0.240 e. The molecular weight excluding hydrogens is 288 g/mol. The van der Waals surface area contributed by atoms with E-state index in [0.717, 1.165) is 24.9 Å². The minimum absolute atomic E-state index is 0.0748. The van der Waals surface area contributed by atoms with E-state index in [2.05, 4.69) is 17.0 Å². The molecule has 1 aromatic carbocycles. The largest absolute Gasteiger partial charge is 0.377 e. The summed E-state index contributed by atoms with van der Waals surface area (Å²) in [7, 11) is -3.49. The van der Waals surface area contributed by atoms with E-state index in [-0.39, 0.29) is 12.1 Å². The van der Waals surface area contributed by atoms with Crippen molar-refractivity contribution in [1.29, 1.82) is 0 Å². The molecule has 2 N–H and O–H groups in total. The van der Waals surface area contributed by atoms with Crippen molar-refractivity contribution in [2.75, 3.05) is 13.2 Å². The number of ether oxygens (including phenoxy) is 1. The Balaban J connectivity index is 2.06. The van der Waals surface area contributed by atoms with E-state index >= 15 is 0 Å². The van der Waals surface area contributed by atoms with Gasteiger partial charge in [-0.3, -0.25) is 0 Å². The molecule has 1 heterocycles. The maximum atomic E-state index is 12.4. The number of hydrogen-bond donors (Lipinski definition) is 2. The average Bonchev–Trinajstić information content (AvgIpc) is 2.84. The molecule has 1 saturated heterocycles. The first-order valence-electron chi connectivity index (χ1n) is 7.46. The summed E-state index contributed by atoms with van der Waals surface area (Å²) in [6.45, 7) is 6.20. The van der Waals surface area contributed by atoms with Crippen LogP contribution in [0.5, 0.6) is 0 Å². The molecule has 21 heavy (non-hydrogen) atoms. The zero-order valence-electron chi connectivity index (χ0n) is 12.6. The summed E-state index contributed by atoms with van der Waals surface area (Å²) >= 11 is 0. The van der Waals surface area contributed by atoms with Crippen molar-refractivity contribution >= 4 is 10.0 Å². The zero-order valence-corrected chi connectivity index (χ0v) is 13.4. The molecule has 5 nitrogen and oxygen atoms in total. The fourth-order valence-corrected chi connectivity index (χ4v) is 3.79. The summed E-state index contributed by atoms with van der Waals surface area (Å²) < 4.78 is 33.0. The lowest BCUT2D eigenvalue weighted by atomic mass is 10.2. The van der Waals surface area contributed by atoms with E-state index in [9.17, 15) is 8.42 Å². The summed E-state index contributed by atoms with van der Waals surface area (Å²) in [6.07, 6.45) is 1.70. The Kier molecular flexibility index (Phi) is 5.75. The van der Waals surface area contributed by atoms with Gasteiger partial charge >= 0.3 is 0 Å². The van der Waals surface area contributed by atoms with Crippen molar-refractivity contribution in [2.24, 2.45) is 0 Å². The SMILES string of the molecule is CCCNCc1cccc(S(=O)(=O)NC2CCOC2C)c1. The molecule has 0 radical (unpaired) electrons. The monoisotopic (exact) mass is 312 g/mol. The lowest BCUT2D eigenvalue weighted by Gasteiger charge is -2.16. The van der Waals surface area contributed by atoms with Crippen molar-refractivity contribution < 1.29 is 13.2 Å². The Hall–Kier alpha value is -0.950. The van der Waals surface area contributed by atoms with E-state index < -0.39 is 10.0 Å². The molecule has 0 amide bonds. The number of sulfonamides is 1. The Morgan fingerprint density at radius 2 is 2.19 bits per heavy atom. The van der Waals surface area contributed by atoms with Crippen molar-refractivity contribution in [1.82, 2.24) is 10.0 Å². The summed E-state index contributed by atoms with van der Waals surface area (Å²) in [5, 5.41) is 3.27. The Morgan fingerprint density at radius 3 is 2.86 bits per heavy atom. The van der Waals surface area contributed by atoms with Crippen molar-refractivity contribution in [3.63, 3.8) is 0 Å². The van der Waals surface area contributed by atoms with Gasteiger partial charge in [-0.25, -0.2) is 13.1 Å². The average molecular weight is 312 g/mol. The molecule has 1 aliphatic rings. The molecule has 2 rings (SSSR count). The third-order valence-electron chi connectivity index (χ3n) is 3.65. The molecule has 0 bridgehead atoms. The van der Waals surface area contributed by atoms with Crippen molar-refractivity contribution in [3.05, 3.63) is 29.8 Å². The van der Waals surface area contributed by atoms with Gasteiger partial charge in [-0.2, -0.15) is 0 Å². The smallest absolute Gasteiger partial charge is 0.240 e. The first-order valence-corrected chi connectivity index (χ1v) is 8.95. The van der Waals surface area contributed by atoms with Crippen molar-refractivity contribution in [2.45, 2.75) is 50.3 Å². The molecular formula is C15H24N2O3S. The van der Waals surface area contributed by atoms with Crippen LogP contribution < -0.4 is 10.0 Å². The van der Waals surface area contributed by atoms with E-state index in [1.54, 1.807) is 18.2 Å². The highest BCUT2D eigenvalue weighted by molar-refractivity contribution is 7.89. The first-order chi connectivity index (χ1) is 10.0.